The third-order valence-corrected chi connectivity index (χ3v) is 5.07. The number of benzene rings is 2. The molecule has 1 unspecified atom stereocenters. The molecule has 2 aromatic carbocycles. The van der Waals surface area contributed by atoms with E-state index >= 15 is 0 Å². The lowest BCUT2D eigenvalue weighted by molar-refractivity contribution is 0.0898. The molecule has 0 aliphatic carbocycles. The fourth-order valence-electron chi connectivity index (χ4n) is 3.02. The molecule has 0 bridgehead atoms. The van der Waals surface area contributed by atoms with Crippen molar-refractivity contribution in [2.24, 2.45) is 5.73 Å². The lowest BCUT2D eigenvalue weighted by atomic mass is 9.79. The molecule has 116 valence electrons. The normalized spacial score (nSPS) is 13.8. The molecule has 0 aliphatic rings. The first-order valence-electron chi connectivity index (χ1n) is 7.65. The second-order valence-electron chi connectivity index (χ2n) is 6.40. The first-order valence-corrected chi connectivity index (χ1v) is 7.65. The van der Waals surface area contributed by atoms with E-state index in [1.807, 2.05) is 44.2 Å². The van der Waals surface area contributed by atoms with Gasteiger partial charge in [-0.3, -0.25) is 4.79 Å². The smallest absolute Gasteiger partial charge is 0.187 e. The number of ketones is 1. The van der Waals surface area contributed by atoms with E-state index in [1.165, 1.54) is 16.7 Å². The van der Waals surface area contributed by atoms with Crippen molar-refractivity contribution >= 4 is 5.78 Å². The summed E-state index contributed by atoms with van der Waals surface area (Å²) in [5, 5.41) is 0. The van der Waals surface area contributed by atoms with Gasteiger partial charge in [0.15, 0.2) is 5.78 Å². The highest BCUT2D eigenvalue weighted by Crippen LogP contribution is 2.31. The Bertz CT molecular complexity index is 698. The van der Waals surface area contributed by atoms with Gasteiger partial charge in [-0.15, -0.1) is 0 Å². The van der Waals surface area contributed by atoms with Gasteiger partial charge in [0.1, 0.15) is 5.54 Å². The zero-order valence-electron chi connectivity index (χ0n) is 14.4. The van der Waals surface area contributed by atoms with Crippen LogP contribution in [-0.4, -0.2) is 5.78 Å². The van der Waals surface area contributed by atoms with Crippen LogP contribution in [0.4, 0.5) is 0 Å². The lowest BCUT2D eigenvalue weighted by Crippen LogP contribution is -2.42. The zero-order valence-corrected chi connectivity index (χ0v) is 14.4. The monoisotopic (exact) mass is 295 g/mol. The van der Waals surface area contributed by atoms with E-state index in [0.29, 0.717) is 0 Å². The van der Waals surface area contributed by atoms with Gasteiger partial charge in [-0.2, -0.15) is 0 Å². The number of rotatable bonds is 3. The third-order valence-electron chi connectivity index (χ3n) is 5.07. The minimum atomic E-state index is -1.02. The lowest BCUT2D eigenvalue weighted by Gasteiger charge is -2.27. The topological polar surface area (TPSA) is 43.1 Å². The molecule has 0 aromatic heterocycles. The van der Waals surface area contributed by atoms with Crippen LogP contribution < -0.4 is 5.73 Å². The maximum Gasteiger partial charge on any atom is 0.187 e. The molecule has 2 N–H and O–H groups in total. The molecule has 0 radical (unpaired) electrons. The number of carbonyl (C=O) groups excluding carboxylic acids is 1. The van der Waals surface area contributed by atoms with E-state index in [0.717, 1.165) is 22.3 Å². The van der Waals surface area contributed by atoms with Crippen LogP contribution in [0, 0.1) is 34.6 Å². The van der Waals surface area contributed by atoms with Gasteiger partial charge in [-0.25, -0.2) is 0 Å². The van der Waals surface area contributed by atoms with E-state index in [2.05, 4.69) is 20.8 Å². The largest absolute Gasteiger partial charge is 0.315 e. The maximum absolute atomic E-state index is 13.2. The second kappa shape index (κ2) is 5.69. The van der Waals surface area contributed by atoms with Crippen LogP contribution in [-0.2, 0) is 5.54 Å². The van der Waals surface area contributed by atoms with Crippen molar-refractivity contribution < 1.29 is 4.79 Å². The molecule has 0 amide bonds. The molecule has 2 rings (SSSR count). The summed E-state index contributed by atoms with van der Waals surface area (Å²) < 4.78 is 0. The van der Waals surface area contributed by atoms with E-state index in [-0.39, 0.29) is 5.78 Å². The molecule has 1 atom stereocenters. The number of nitrogens with two attached hydrogens (primary N) is 1. The van der Waals surface area contributed by atoms with Gasteiger partial charge >= 0.3 is 0 Å². The summed E-state index contributed by atoms with van der Waals surface area (Å²) in [6.45, 7) is 12.1. The second-order valence-corrected chi connectivity index (χ2v) is 6.40. The van der Waals surface area contributed by atoms with Crippen molar-refractivity contribution in [2.75, 3.05) is 0 Å². The van der Waals surface area contributed by atoms with Gasteiger partial charge in [0.25, 0.3) is 0 Å². The van der Waals surface area contributed by atoms with E-state index in [9.17, 15) is 4.79 Å². The van der Waals surface area contributed by atoms with Crippen LogP contribution in [0.5, 0.6) is 0 Å². The Morgan fingerprint density at radius 1 is 0.818 bits per heavy atom. The van der Waals surface area contributed by atoms with Gasteiger partial charge in [0.2, 0.25) is 0 Å². The Kier molecular flexibility index (Phi) is 4.25. The van der Waals surface area contributed by atoms with Crippen molar-refractivity contribution in [3.63, 3.8) is 0 Å². The van der Waals surface area contributed by atoms with Crippen molar-refractivity contribution in [2.45, 2.75) is 47.1 Å². The average molecular weight is 295 g/mol. The van der Waals surface area contributed by atoms with E-state index in [1.54, 1.807) is 6.92 Å². The van der Waals surface area contributed by atoms with Crippen molar-refractivity contribution in [3.05, 3.63) is 69.3 Å². The quantitative estimate of drug-likeness (QED) is 0.859. The van der Waals surface area contributed by atoms with Crippen molar-refractivity contribution in [1.29, 1.82) is 0 Å². The summed E-state index contributed by atoms with van der Waals surface area (Å²) >= 11 is 0. The van der Waals surface area contributed by atoms with Gasteiger partial charge in [0, 0.05) is 5.56 Å². The van der Waals surface area contributed by atoms with E-state index in [4.69, 9.17) is 5.73 Å². The van der Waals surface area contributed by atoms with Gasteiger partial charge in [-0.1, -0.05) is 30.3 Å². The molecule has 0 fully saturated rings. The molecule has 22 heavy (non-hydrogen) atoms. The molecule has 0 saturated carbocycles. The highest BCUT2D eigenvalue weighted by molar-refractivity contribution is 6.06. The van der Waals surface area contributed by atoms with Crippen molar-refractivity contribution in [1.82, 2.24) is 0 Å². The summed E-state index contributed by atoms with van der Waals surface area (Å²) in [7, 11) is 0. The molecule has 2 nitrogen and oxygen atoms in total. The van der Waals surface area contributed by atoms with Crippen molar-refractivity contribution in [3.8, 4) is 0 Å². The Hall–Kier alpha value is -1.93. The Morgan fingerprint density at radius 3 is 1.68 bits per heavy atom. The summed E-state index contributed by atoms with van der Waals surface area (Å²) in [6.07, 6.45) is 0. The summed E-state index contributed by atoms with van der Waals surface area (Å²) in [5.74, 6) is -0.0140. The number of hydrogen-bond acceptors (Lipinski definition) is 2. The molecule has 0 heterocycles. The predicted molar refractivity (Wildman–Crippen MR) is 92.4 cm³/mol. The molecular weight excluding hydrogens is 270 g/mol. The average Bonchev–Trinajstić information content (AvgIpc) is 2.52. The van der Waals surface area contributed by atoms with Gasteiger partial charge < -0.3 is 5.73 Å². The van der Waals surface area contributed by atoms with Crippen LogP contribution in [0.3, 0.4) is 0 Å². The Labute approximate surface area is 133 Å². The molecule has 0 aliphatic heterocycles. The third kappa shape index (κ3) is 2.48. The summed E-state index contributed by atoms with van der Waals surface area (Å²) in [5.41, 5.74) is 12.7. The van der Waals surface area contributed by atoms with Crippen LogP contribution in [0.25, 0.3) is 0 Å². The van der Waals surface area contributed by atoms with Gasteiger partial charge in [0.05, 0.1) is 0 Å². The summed E-state index contributed by atoms with van der Waals surface area (Å²) in [4.78, 5) is 13.2. The van der Waals surface area contributed by atoms with Crippen LogP contribution >= 0.6 is 0 Å². The van der Waals surface area contributed by atoms with Crippen LogP contribution in [0.1, 0.15) is 50.7 Å². The highest BCUT2D eigenvalue weighted by Gasteiger charge is 2.34. The summed E-state index contributed by atoms with van der Waals surface area (Å²) in [6, 6.07) is 9.59. The minimum absolute atomic E-state index is 0.0140. The highest BCUT2D eigenvalue weighted by atomic mass is 16.1. The molecule has 0 saturated heterocycles. The van der Waals surface area contributed by atoms with Gasteiger partial charge in [-0.05, 0) is 74.9 Å². The first kappa shape index (κ1) is 16.4. The number of Topliss-reactive ketones (excluding diaryl/α,β-unsaturated/α-hetero) is 1. The Balaban J connectivity index is 2.65. The fraction of sp³-hybridized carbons (Fsp3) is 0.350. The van der Waals surface area contributed by atoms with Crippen LogP contribution in [0.2, 0.25) is 0 Å². The minimum Gasteiger partial charge on any atom is -0.315 e. The Morgan fingerprint density at radius 2 is 1.23 bits per heavy atom. The molecular formula is C20H25NO. The molecule has 2 aromatic rings. The fourth-order valence-corrected chi connectivity index (χ4v) is 3.02. The number of hydrogen-bond donors (Lipinski definition) is 1. The number of carbonyl (C=O) groups is 1. The zero-order chi connectivity index (χ0) is 16.7. The van der Waals surface area contributed by atoms with Crippen LogP contribution in [0.15, 0.2) is 30.3 Å². The van der Waals surface area contributed by atoms with E-state index < -0.39 is 5.54 Å². The maximum atomic E-state index is 13.2. The molecule has 0 spiro atoms. The standard InChI is InChI=1S/C20H25NO/c1-12-13(2)15(4)18(16(5)14(12)3)19(22)20(6,21)17-10-8-7-9-11-17/h7-11H,21H2,1-6H3. The first-order chi connectivity index (χ1) is 10.2. The SMILES string of the molecule is Cc1c(C)c(C)c(C(=O)C(C)(N)c2ccccc2)c(C)c1C. The predicted octanol–water partition coefficient (Wildman–Crippen LogP) is 4.29. The molecule has 2 heteroatoms.